The van der Waals surface area contributed by atoms with Crippen molar-refractivity contribution in [3.05, 3.63) is 28.2 Å². The number of rotatable bonds is 4. The van der Waals surface area contributed by atoms with Crippen molar-refractivity contribution in [3.8, 4) is 11.5 Å². The van der Waals surface area contributed by atoms with Crippen LogP contribution >= 0.6 is 23.2 Å². The SMILES string of the molecule is CCC(c1nc(-c2ncc(Cl)cc2Cl)no1)C(C)O. The third kappa shape index (κ3) is 3.05. The first kappa shape index (κ1) is 14.2. The zero-order valence-corrected chi connectivity index (χ0v) is 12.0. The van der Waals surface area contributed by atoms with Gasteiger partial charge in [0.05, 0.1) is 22.1 Å². The maximum atomic E-state index is 9.65. The van der Waals surface area contributed by atoms with Crippen molar-refractivity contribution in [2.24, 2.45) is 0 Å². The van der Waals surface area contributed by atoms with Crippen molar-refractivity contribution >= 4 is 23.2 Å². The van der Waals surface area contributed by atoms with E-state index in [0.29, 0.717) is 28.1 Å². The standard InChI is InChI=1S/C12H13Cl2N3O2/c1-3-8(6(2)18)12-16-11(17-19-12)10-9(14)4-7(13)5-15-10/h4-6,8,18H,3H2,1-2H3. The highest BCUT2D eigenvalue weighted by atomic mass is 35.5. The number of hydrogen-bond acceptors (Lipinski definition) is 5. The second-order valence-corrected chi connectivity index (χ2v) is 5.04. The summed E-state index contributed by atoms with van der Waals surface area (Å²) in [5.41, 5.74) is 0.404. The molecule has 0 aromatic carbocycles. The molecule has 0 aliphatic rings. The van der Waals surface area contributed by atoms with Gasteiger partial charge in [-0.15, -0.1) is 0 Å². The van der Waals surface area contributed by atoms with Gasteiger partial charge in [0.25, 0.3) is 0 Å². The lowest BCUT2D eigenvalue weighted by Gasteiger charge is -2.12. The van der Waals surface area contributed by atoms with Gasteiger partial charge < -0.3 is 9.63 Å². The Morgan fingerprint density at radius 2 is 2.16 bits per heavy atom. The summed E-state index contributed by atoms with van der Waals surface area (Å²) < 4.78 is 5.17. The molecule has 0 aliphatic heterocycles. The van der Waals surface area contributed by atoms with Gasteiger partial charge in [-0.05, 0) is 19.4 Å². The van der Waals surface area contributed by atoms with Crippen LogP contribution in [0.2, 0.25) is 10.0 Å². The summed E-state index contributed by atoms with van der Waals surface area (Å²) in [7, 11) is 0. The second kappa shape index (κ2) is 5.86. The van der Waals surface area contributed by atoms with Gasteiger partial charge in [0.1, 0.15) is 5.69 Å². The lowest BCUT2D eigenvalue weighted by molar-refractivity contribution is 0.141. The lowest BCUT2D eigenvalue weighted by Crippen LogP contribution is -2.14. The van der Waals surface area contributed by atoms with E-state index in [2.05, 4.69) is 15.1 Å². The predicted octanol–water partition coefficient (Wildman–Crippen LogP) is 3.31. The van der Waals surface area contributed by atoms with E-state index in [-0.39, 0.29) is 11.7 Å². The second-order valence-electron chi connectivity index (χ2n) is 4.20. The topological polar surface area (TPSA) is 72.0 Å². The van der Waals surface area contributed by atoms with Crippen molar-refractivity contribution in [1.82, 2.24) is 15.1 Å². The van der Waals surface area contributed by atoms with Crippen molar-refractivity contribution in [1.29, 1.82) is 0 Å². The molecular weight excluding hydrogens is 289 g/mol. The zero-order chi connectivity index (χ0) is 14.0. The molecule has 0 radical (unpaired) electrons. The highest BCUT2D eigenvalue weighted by molar-refractivity contribution is 6.35. The Labute approximate surface area is 120 Å². The first-order valence-electron chi connectivity index (χ1n) is 5.86. The summed E-state index contributed by atoms with van der Waals surface area (Å²) >= 11 is 11.8. The Balaban J connectivity index is 2.35. The minimum Gasteiger partial charge on any atom is -0.393 e. The molecule has 0 bridgehead atoms. The van der Waals surface area contributed by atoms with E-state index >= 15 is 0 Å². The van der Waals surface area contributed by atoms with Gasteiger partial charge in [-0.25, -0.2) is 4.98 Å². The highest BCUT2D eigenvalue weighted by Crippen LogP contribution is 2.28. The number of pyridine rings is 1. The first-order chi connectivity index (χ1) is 9.02. The molecule has 0 saturated heterocycles. The average molecular weight is 302 g/mol. The third-order valence-corrected chi connectivity index (χ3v) is 3.30. The van der Waals surface area contributed by atoms with Gasteiger partial charge in [-0.2, -0.15) is 4.98 Å². The molecule has 2 unspecified atom stereocenters. The van der Waals surface area contributed by atoms with Gasteiger partial charge in [0, 0.05) is 6.20 Å². The minimum atomic E-state index is -0.563. The van der Waals surface area contributed by atoms with Gasteiger partial charge in [0.2, 0.25) is 11.7 Å². The third-order valence-electron chi connectivity index (χ3n) is 2.80. The van der Waals surface area contributed by atoms with Gasteiger partial charge in [-0.3, -0.25) is 0 Å². The van der Waals surface area contributed by atoms with Crippen LogP contribution in [0.1, 0.15) is 32.1 Å². The molecule has 0 saturated carbocycles. The Hall–Kier alpha value is -1.17. The minimum absolute atomic E-state index is 0.202. The van der Waals surface area contributed by atoms with E-state index in [4.69, 9.17) is 27.7 Å². The zero-order valence-electron chi connectivity index (χ0n) is 10.5. The Kier molecular flexibility index (Phi) is 4.39. The molecule has 0 spiro atoms. The Bertz CT molecular complexity index is 572. The van der Waals surface area contributed by atoms with E-state index in [9.17, 15) is 5.11 Å². The molecule has 19 heavy (non-hydrogen) atoms. The smallest absolute Gasteiger partial charge is 0.232 e. The van der Waals surface area contributed by atoms with Crippen LogP contribution in [0.5, 0.6) is 0 Å². The molecule has 2 aromatic rings. The first-order valence-corrected chi connectivity index (χ1v) is 6.61. The molecule has 7 heteroatoms. The Morgan fingerprint density at radius 3 is 2.74 bits per heavy atom. The van der Waals surface area contributed by atoms with E-state index in [1.165, 1.54) is 6.20 Å². The molecule has 1 N–H and O–H groups in total. The summed E-state index contributed by atoms with van der Waals surface area (Å²) in [6.07, 6.45) is 1.60. The van der Waals surface area contributed by atoms with E-state index < -0.39 is 6.10 Å². The molecule has 0 amide bonds. The lowest BCUT2D eigenvalue weighted by atomic mass is 10.0. The summed E-state index contributed by atoms with van der Waals surface area (Å²) in [4.78, 5) is 8.32. The normalized spacial score (nSPS) is 14.4. The monoisotopic (exact) mass is 301 g/mol. The van der Waals surface area contributed by atoms with Crippen LogP contribution in [0.15, 0.2) is 16.8 Å². The Morgan fingerprint density at radius 1 is 1.42 bits per heavy atom. The summed E-state index contributed by atoms with van der Waals surface area (Å²) in [5.74, 6) is 0.461. The van der Waals surface area contributed by atoms with Crippen molar-refractivity contribution in [2.45, 2.75) is 32.3 Å². The van der Waals surface area contributed by atoms with Crippen molar-refractivity contribution in [2.75, 3.05) is 0 Å². The maximum absolute atomic E-state index is 9.65. The average Bonchev–Trinajstić information content (AvgIpc) is 2.78. The summed E-state index contributed by atoms with van der Waals surface area (Å²) in [6, 6.07) is 1.56. The largest absolute Gasteiger partial charge is 0.393 e. The summed E-state index contributed by atoms with van der Waals surface area (Å²) in [6.45, 7) is 3.63. The number of halogens is 2. The maximum Gasteiger partial charge on any atom is 0.232 e. The van der Waals surface area contributed by atoms with E-state index in [0.717, 1.165) is 0 Å². The molecule has 2 heterocycles. The van der Waals surface area contributed by atoms with Crippen LogP contribution in [0.4, 0.5) is 0 Å². The molecule has 5 nitrogen and oxygen atoms in total. The van der Waals surface area contributed by atoms with Crippen LogP contribution in [-0.2, 0) is 0 Å². The number of nitrogens with zero attached hydrogens (tertiary/aromatic N) is 3. The van der Waals surface area contributed by atoms with Crippen LogP contribution in [0.3, 0.4) is 0 Å². The molecule has 2 atom stereocenters. The highest BCUT2D eigenvalue weighted by Gasteiger charge is 2.23. The summed E-state index contributed by atoms with van der Waals surface area (Å²) in [5, 5.41) is 14.3. The quantitative estimate of drug-likeness (QED) is 0.938. The van der Waals surface area contributed by atoms with E-state index in [1.807, 2.05) is 6.92 Å². The predicted molar refractivity (Wildman–Crippen MR) is 72.3 cm³/mol. The molecule has 0 fully saturated rings. The molecule has 102 valence electrons. The number of aliphatic hydroxyl groups is 1. The van der Waals surface area contributed by atoms with Crippen LogP contribution in [-0.4, -0.2) is 26.3 Å². The fourth-order valence-corrected chi connectivity index (χ4v) is 2.25. The number of aromatic nitrogens is 3. The molecule has 0 aliphatic carbocycles. The van der Waals surface area contributed by atoms with Gasteiger partial charge in [0.15, 0.2) is 0 Å². The van der Waals surface area contributed by atoms with Gasteiger partial charge >= 0.3 is 0 Å². The fourth-order valence-electron chi connectivity index (χ4n) is 1.78. The fraction of sp³-hybridized carbons (Fsp3) is 0.417. The van der Waals surface area contributed by atoms with Crippen LogP contribution < -0.4 is 0 Å². The van der Waals surface area contributed by atoms with E-state index in [1.54, 1.807) is 13.0 Å². The van der Waals surface area contributed by atoms with Gasteiger partial charge in [-0.1, -0.05) is 35.3 Å². The molecular formula is C12H13Cl2N3O2. The van der Waals surface area contributed by atoms with Crippen LogP contribution in [0, 0.1) is 0 Å². The molecule has 2 rings (SSSR count). The number of hydrogen-bond donors (Lipinski definition) is 1. The van der Waals surface area contributed by atoms with Crippen LogP contribution in [0.25, 0.3) is 11.5 Å². The molecule has 2 aromatic heterocycles. The number of aliphatic hydroxyl groups excluding tert-OH is 1. The van der Waals surface area contributed by atoms with Crippen molar-refractivity contribution < 1.29 is 9.63 Å². The van der Waals surface area contributed by atoms with Crippen molar-refractivity contribution in [3.63, 3.8) is 0 Å².